The first-order valence-electron chi connectivity index (χ1n) is 6.61. The van der Waals surface area contributed by atoms with Crippen LogP contribution in [0.4, 0.5) is 5.69 Å². The summed E-state index contributed by atoms with van der Waals surface area (Å²) < 4.78 is 29.0. The molecule has 2 aromatic rings. The van der Waals surface area contributed by atoms with Gasteiger partial charge in [-0.25, -0.2) is 18.1 Å². The van der Waals surface area contributed by atoms with Gasteiger partial charge in [-0.1, -0.05) is 6.92 Å². The Balaban J connectivity index is 2.22. The van der Waals surface area contributed by atoms with Crippen molar-refractivity contribution in [2.75, 3.05) is 12.4 Å². The van der Waals surface area contributed by atoms with Crippen molar-refractivity contribution >= 4 is 15.7 Å². The zero-order chi connectivity index (χ0) is 15.5. The molecule has 0 radical (unpaired) electrons. The van der Waals surface area contributed by atoms with Gasteiger partial charge in [0.05, 0.1) is 11.4 Å². The zero-order valence-electron chi connectivity index (χ0n) is 12.3. The molecule has 7 nitrogen and oxygen atoms in total. The van der Waals surface area contributed by atoms with Gasteiger partial charge in [0.2, 0.25) is 0 Å². The summed E-state index contributed by atoms with van der Waals surface area (Å²) in [6, 6.07) is 3.35. The van der Waals surface area contributed by atoms with Gasteiger partial charge in [-0.3, -0.25) is 4.68 Å². The molecular formula is C13H19N5O2S. The molecule has 8 heteroatoms. The van der Waals surface area contributed by atoms with Crippen LogP contribution in [-0.4, -0.2) is 30.2 Å². The highest BCUT2D eigenvalue weighted by molar-refractivity contribution is 7.89. The molecule has 0 atom stereocenters. The second kappa shape index (κ2) is 6.23. The van der Waals surface area contributed by atoms with Gasteiger partial charge in [-0.05, 0) is 18.6 Å². The van der Waals surface area contributed by atoms with E-state index >= 15 is 0 Å². The standard InChI is InChI=1S/C13H19N5O2S/c1-4-11-10(9-18(3)17-11)8-16-21(19,20)13-12(14-2)6-5-7-15-13/h5-7,9,14,16H,4,8H2,1-3H3. The van der Waals surface area contributed by atoms with Crippen LogP contribution in [0.5, 0.6) is 0 Å². The van der Waals surface area contributed by atoms with Crippen LogP contribution in [0.2, 0.25) is 0 Å². The van der Waals surface area contributed by atoms with Gasteiger partial charge in [0.1, 0.15) is 0 Å². The number of aromatic nitrogens is 3. The summed E-state index contributed by atoms with van der Waals surface area (Å²) in [5.41, 5.74) is 2.22. The fourth-order valence-electron chi connectivity index (χ4n) is 2.07. The third-order valence-electron chi connectivity index (χ3n) is 3.07. The third kappa shape index (κ3) is 3.40. The van der Waals surface area contributed by atoms with Crippen molar-refractivity contribution in [1.29, 1.82) is 0 Å². The van der Waals surface area contributed by atoms with Crippen molar-refractivity contribution in [2.24, 2.45) is 7.05 Å². The maximum absolute atomic E-state index is 12.4. The summed E-state index contributed by atoms with van der Waals surface area (Å²) in [5, 5.41) is 7.11. The Labute approximate surface area is 124 Å². The maximum atomic E-state index is 12.4. The van der Waals surface area contributed by atoms with Gasteiger partial charge in [0.15, 0.2) is 5.03 Å². The molecule has 0 saturated heterocycles. The lowest BCUT2D eigenvalue weighted by Crippen LogP contribution is -2.25. The molecule has 114 valence electrons. The number of rotatable bonds is 6. The molecule has 0 aliphatic carbocycles. The lowest BCUT2D eigenvalue weighted by Gasteiger charge is -2.09. The van der Waals surface area contributed by atoms with E-state index in [0.717, 1.165) is 17.7 Å². The Bertz CT molecular complexity index is 724. The van der Waals surface area contributed by atoms with Gasteiger partial charge in [-0.2, -0.15) is 5.10 Å². The van der Waals surface area contributed by atoms with E-state index in [0.29, 0.717) is 5.69 Å². The smallest absolute Gasteiger partial charge is 0.260 e. The van der Waals surface area contributed by atoms with E-state index in [1.54, 1.807) is 23.9 Å². The minimum Gasteiger partial charge on any atom is -0.386 e. The molecule has 0 aliphatic rings. The lowest BCUT2D eigenvalue weighted by atomic mass is 10.2. The predicted molar refractivity (Wildman–Crippen MR) is 80.4 cm³/mol. The number of sulfonamides is 1. The number of anilines is 1. The SMILES string of the molecule is CCc1nn(C)cc1CNS(=O)(=O)c1ncccc1NC. The van der Waals surface area contributed by atoms with Crippen molar-refractivity contribution in [2.45, 2.75) is 24.9 Å². The summed E-state index contributed by atoms with van der Waals surface area (Å²) in [6.07, 6.45) is 4.03. The average molecular weight is 309 g/mol. The van der Waals surface area contributed by atoms with Crippen molar-refractivity contribution in [1.82, 2.24) is 19.5 Å². The number of hydrogen-bond donors (Lipinski definition) is 2. The van der Waals surface area contributed by atoms with Crippen molar-refractivity contribution in [3.63, 3.8) is 0 Å². The van der Waals surface area contributed by atoms with E-state index in [1.165, 1.54) is 6.20 Å². The molecule has 0 bridgehead atoms. The average Bonchev–Trinajstić information content (AvgIpc) is 2.85. The summed E-state index contributed by atoms with van der Waals surface area (Å²) in [6.45, 7) is 2.18. The maximum Gasteiger partial charge on any atom is 0.260 e. The summed E-state index contributed by atoms with van der Waals surface area (Å²) >= 11 is 0. The van der Waals surface area contributed by atoms with Gasteiger partial charge < -0.3 is 5.32 Å². The molecule has 0 aromatic carbocycles. The first kappa shape index (κ1) is 15.5. The van der Waals surface area contributed by atoms with Crippen molar-refractivity contribution < 1.29 is 8.42 Å². The summed E-state index contributed by atoms with van der Waals surface area (Å²) in [5.74, 6) is 0. The van der Waals surface area contributed by atoms with Crippen LogP contribution in [0, 0.1) is 0 Å². The Morgan fingerprint density at radius 1 is 1.38 bits per heavy atom. The number of nitrogens with one attached hydrogen (secondary N) is 2. The minimum atomic E-state index is -3.68. The van der Waals surface area contributed by atoms with Crippen LogP contribution in [0.3, 0.4) is 0 Å². The van der Waals surface area contributed by atoms with Crippen molar-refractivity contribution in [3.8, 4) is 0 Å². The molecule has 2 aromatic heterocycles. The molecule has 0 spiro atoms. The second-order valence-corrected chi connectivity index (χ2v) is 6.24. The van der Waals surface area contributed by atoms with Gasteiger partial charge >= 0.3 is 0 Å². The summed E-state index contributed by atoms with van der Waals surface area (Å²) in [4.78, 5) is 3.95. The second-order valence-electron chi connectivity index (χ2n) is 4.56. The van der Waals surface area contributed by atoms with E-state index in [-0.39, 0.29) is 11.6 Å². The topological polar surface area (TPSA) is 88.9 Å². The van der Waals surface area contributed by atoms with Gasteiger partial charge in [0.25, 0.3) is 10.0 Å². The molecule has 2 rings (SSSR count). The lowest BCUT2D eigenvalue weighted by molar-refractivity contribution is 0.577. The number of aryl methyl sites for hydroxylation is 2. The molecule has 0 aliphatic heterocycles. The fourth-order valence-corrected chi connectivity index (χ4v) is 3.21. The first-order valence-corrected chi connectivity index (χ1v) is 8.10. The molecule has 2 heterocycles. The van der Waals surface area contributed by atoms with E-state index < -0.39 is 10.0 Å². The zero-order valence-corrected chi connectivity index (χ0v) is 13.1. The van der Waals surface area contributed by atoms with Crippen LogP contribution in [-0.2, 0) is 30.0 Å². The molecule has 0 saturated carbocycles. The Morgan fingerprint density at radius 3 is 2.81 bits per heavy atom. The fraction of sp³-hybridized carbons (Fsp3) is 0.385. The molecule has 21 heavy (non-hydrogen) atoms. The van der Waals surface area contributed by atoms with Crippen LogP contribution >= 0.6 is 0 Å². The monoisotopic (exact) mass is 309 g/mol. The van der Waals surface area contributed by atoms with Crippen LogP contribution < -0.4 is 10.0 Å². The van der Waals surface area contributed by atoms with Crippen LogP contribution in [0.15, 0.2) is 29.6 Å². The van der Waals surface area contributed by atoms with Gasteiger partial charge in [0, 0.05) is 38.6 Å². The van der Waals surface area contributed by atoms with Crippen LogP contribution in [0.1, 0.15) is 18.2 Å². The highest BCUT2D eigenvalue weighted by Gasteiger charge is 2.20. The normalized spacial score (nSPS) is 11.6. The number of pyridine rings is 1. The van der Waals surface area contributed by atoms with E-state index in [9.17, 15) is 8.42 Å². The van der Waals surface area contributed by atoms with E-state index in [2.05, 4.69) is 20.1 Å². The highest BCUT2D eigenvalue weighted by Crippen LogP contribution is 2.17. The van der Waals surface area contributed by atoms with Gasteiger partial charge in [-0.15, -0.1) is 0 Å². The molecule has 0 amide bonds. The van der Waals surface area contributed by atoms with E-state index in [1.807, 2.05) is 20.2 Å². The summed E-state index contributed by atoms with van der Waals surface area (Å²) in [7, 11) is -0.204. The number of nitrogens with zero attached hydrogens (tertiary/aromatic N) is 3. The predicted octanol–water partition coefficient (Wildman–Crippen LogP) is 0.898. The minimum absolute atomic E-state index is 0.00515. The Kier molecular flexibility index (Phi) is 4.59. The Hall–Kier alpha value is -1.93. The van der Waals surface area contributed by atoms with E-state index in [4.69, 9.17) is 0 Å². The highest BCUT2D eigenvalue weighted by atomic mass is 32.2. The quantitative estimate of drug-likeness (QED) is 0.827. The number of hydrogen-bond acceptors (Lipinski definition) is 5. The molecule has 0 unspecified atom stereocenters. The molecule has 2 N–H and O–H groups in total. The van der Waals surface area contributed by atoms with Crippen molar-refractivity contribution in [3.05, 3.63) is 35.8 Å². The molecule has 0 fully saturated rings. The van der Waals surface area contributed by atoms with Crippen LogP contribution in [0.25, 0.3) is 0 Å². The Morgan fingerprint density at radius 2 is 2.14 bits per heavy atom. The third-order valence-corrected chi connectivity index (χ3v) is 4.43. The molecular weight excluding hydrogens is 290 g/mol. The largest absolute Gasteiger partial charge is 0.386 e. The first-order chi connectivity index (χ1) is 9.97.